The molecule has 0 aliphatic rings. The summed E-state index contributed by atoms with van der Waals surface area (Å²) in [7, 11) is 1.43. The van der Waals surface area contributed by atoms with Crippen LogP contribution in [0.3, 0.4) is 0 Å². The van der Waals surface area contributed by atoms with E-state index < -0.39 is 0 Å². The average Bonchev–Trinajstić information content (AvgIpc) is 2.09. The average molecular weight is 217 g/mol. The molecule has 0 heterocycles. The van der Waals surface area contributed by atoms with Gasteiger partial charge in [0.15, 0.2) is 0 Å². The first-order valence-electron chi connectivity index (χ1n) is 6.27. The van der Waals surface area contributed by atoms with E-state index >= 15 is 0 Å². The Kier molecular flexibility index (Phi) is 10.9. The van der Waals surface area contributed by atoms with E-state index in [4.69, 9.17) is 0 Å². The van der Waals surface area contributed by atoms with Crippen LogP contribution in [0.4, 0.5) is 0 Å². The van der Waals surface area contributed by atoms with Gasteiger partial charge in [0.1, 0.15) is 0 Å². The topological polar surface area (TPSA) is 0 Å². The minimum absolute atomic E-state index is 0.102. The Morgan fingerprint density at radius 1 is 0.846 bits per heavy atom. The number of unbranched alkanes of at least 4 members (excludes halogenated alkanes) is 7. The maximum atomic E-state index is 2.52. The molecule has 0 aromatic carbocycles. The third-order valence-electron chi connectivity index (χ3n) is 2.64. The molecule has 0 saturated heterocycles. The molecule has 80 valence electrons. The van der Waals surface area contributed by atoms with Crippen LogP contribution in [0.1, 0.15) is 58.3 Å². The molecule has 1 atom stereocenters. The van der Waals surface area contributed by atoms with Gasteiger partial charge in [-0.2, -0.15) is 0 Å². The first-order valence-corrected chi connectivity index (χ1v) is 12.9. The van der Waals surface area contributed by atoms with Crippen LogP contribution in [0, 0.1) is 0 Å². The van der Waals surface area contributed by atoms with E-state index in [1.165, 1.54) is 54.7 Å². The fraction of sp³-hybridized carbons (Fsp3) is 1.00. The maximum absolute atomic E-state index is 2.52. The monoisotopic (exact) mass is 216 g/mol. The Balaban J connectivity index is 2.84. The molecule has 0 aromatic rings. The van der Waals surface area contributed by atoms with Gasteiger partial charge in [-0.15, -0.1) is 0 Å². The van der Waals surface area contributed by atoms with Crippen molar-refractivity contribution in [3.05, 3.63) is 0 Å². The van der Waals surface area contributed by atoms with Crippen LogP contribution in [-0.2, 0) is 0 Å². The Labute approximate surface area is 89.3 Å². The summed E-state index contributed by atoms with van der Waals surface area (Å²) in [6, 6.07) is 1.63. The zero-order valence-electron chi connectivity index (χ0n) is 9.94. The Morgan fingerprint density at radius 3 is 1.77 bits per heavy atom. The number of hydrogen-bond acceptors (Lipinski definition) is 0. The minimum atomic E-state index is -0.102. The van der Waals surface area contributed by atoms with E-state index in [-0.39, 0.29) is 8.31 Å². The fourth-order valence-electron chi connectivity index (χ4n) is 1.69. The molecule has 0 bridgehead atoms. The molecule has 2 heteroatoms. The van der Waals surface area contributed by atoms with Crippen LogP contribution in [0.2, 0.25) is 12.6 Å². The summed E-state index contributed by atoms with van der Waals surface area (Å²) in [6.45, 7) is 4.81. The molecule has 0 spiro atoms. The SMILES string of the molecule is CCCCCCCCCC[SiH](C)[SiH3]. The van der Waals surface area contributed by atoms with Crippen molar-refractivity contribution in [3.8, 4) is 0 Å². The lowest BCUT2D eigenvalue weighted by Gasteiger charge is -2.03. The summed E-state index contributed by atoms with van der Waals surface area (Å²) in [6.07, 6.45) is 11.9. The number of rotatable bonds is 9. The zero-order chi connectivity index (χ0) is 9.94. The van der Waals surface area contributed by atoms with E-state index in [0.29, 0.717) is 0 Å². The van der Waals surface area contributed by atoms with Crippen LogP contribution in [0.25, 0.3) is 0 Å². The predicted octanol–water partition coefficient (Wildman–Crippen LogP) is 2.85. The molecule has 0 radical (unpaired) electrons. The first-order chi connectivity index (χ1) is 6.27. The molecular weight excluding hydrogens is 188 g/mol. The summed E-state index contributed by atoms with van der Waals surface area (Å²) in [4.78, 5) is 0. The van der Waals surface area contributed by atoms with Crippen LogP contribution in [-0.4, -0.2) is 18.1 Å². The lowest BCUT2D eigenvalue weighted by molar-refractivity contribution is 0.584. The highest BCUT2D eigenvalue weighted by atomic mass is 29.1. The Bertz CT molecular complexity index is 92.1. The molecule has 1 unspecified atom stereocenters. The van der Waals surface area contributed by atoms with Crippen molar-refractivity contribution in [1.29, 1.82) is 0 Å². The molecule has 13 heavy (non-hydrogen) atoms. The largest absolute Gasteiger partial charge is 0.0746 e. The van der Waals surface area contributed by atoms with E-state index in [1.54, 1.807) is 12.5 Å². The highest BCUT2D eigenvalue weighted by molar-refractivity contribution is 7.02. The quantitative estimate of drug-likeness (QED) is 0.411. The number of hydrogen-bond donors (Lipinski definition) is 0. The highest BCUT2D eigenvalue weighted by Gasteiger charge is 1.95. The van der Waals surface area contributed by atoms with Gasteiger partial charge >= 0.3 is 0 Å². The summed E-state index contributed by atoms with van der Waals surface area (Å²) < 4.78 is 0. The van der Waals surface area contributed by atoms with Gasteiger partial charge in [-0.1, -0.05) is 70.9 Å². The van der Waals surface area contributed by atoms with Gasteiger partial charge in [-0.05, 0) is 9.76 Å². The van der Waals surface area contributed by atoms with Crippen LogP contribution < -0.4 is 0 Å². The van der Waals surface area contributed by atoms with Crippen molar-refractivity contribution >= 4 is 18.1 Å². The summed E-state index contributed by atoms with van der Waals surface area (Å²) >= 11 is 0. The van der Waals surface area contributed by atoms with E-state index in [0.717, 1.165) is 0 Å². The Morgan fingerprint density at radius 2 is 1.31 bits per heavy atom. The van der Waals surface area contributed by atoms with Crippen molar-refractivity contribution < 1.29 is 0 Å². The smallest absolute Gasteiger partial charge is 0.0171 e. The lowest BCUT2D eigenvalue weighted by Crippen LogP contribution is -2.04. The van der Waals surface area contributed by atoms with Crippen LogP contribution in [0.5, 0.6) is 0 Å². The third kappa shape index (κ3) is 12.4. The second kappa shape index (κ2) is 10.5. The third-order valence-corrected chi connectivity index (χ3v) is 5.93. The highest BCUT2D eigenvalue weighted by Crippen LogP contribution is 2.10. The van der Waals surface area contributed by atoms with Gasteiger partial charge in [0.2, 0.25) is 0 Å². The normalized spacial score (nSPS) is 13.4. The van der Waals surface area contributed by atoms with Gasteiger partial charge in [-0.25, -0.2) is 0 Å². The van der Waals surface area contributed by atoms with Gasteiger partial charge in [0, 0.05) is 8.31 Å². The summed E-state index contributed by atoms with van der Waals surface area (Å²) in [5.41, 5.74) is 0. The van der Waals surface area contributed by atoms with Crippen molar-refractivity contribution in [1.82, 2.24) is 0 Å². The van der Waals surface area contributed by atoms with Gasteiger partial charge in [0.25, 0.3) is 0 Å². The van der Waals surface area contributed by atoms with Crippen molar-refractivity contribution in [2.75, 3.05) is 0 Å². The molecule has 0 amide bonds. The van der Waals surface area contributed by atoms with Gasteiger partial charge < -0.3 is 0 Å². The van der Waals surface area contributed by atoms with Crippen molar-refractivity contribution in [2.45, 2.75) is 70.9 Å². The van der Waals surface area contributed by atoms with Crippen LogP contribution >= 0.6 is 0 Å². The van der Waals surface area contributed by atoms with Crippen molar-refractivity contribution in [2.24, 2.45) is 0 Å². The zero-order valence-corrected chi connectivity index (χ0v) is 13.1. The van der Waals surface area contributed by atoms with Gasteiger partial charge in [0.05, 0.1) is 0 Å². The predicted molar refractivity (Wildman–Crippen MR) is 70.4 cm³/mol. The molecule has 0 N–H and O–H groups in total. The minimum Gasteiger partial charge on any atom is -0.0746 e. The van der Waals surface area contributed by atoms with Gasteiger partial charge in [-0.3, -0.25) is 0 Å². The maximum Gasteiger partial charge on any atom is 0.0171 e. The molecule has 0 rings (SSSR count). The lowest BCUT2D eigenvalue weighted by atomic mass is 10.1. The standard InChI is InChI=1S/C11H28Si2/c1-3-4-5-6-7-8-9-10-11-13(2)12/h13H,3-11H2,1-2,12H3. The second-order valence-electron chi connectivity index (χ2n) is 4.66. The molecule has 0 aromatic heterocycles. The molecular formula is C11H28Si2. The molecule has 0 saturated carbocycles. The van der Waals surface area contributed by atoms with E-state index in [2.05, 4.69) is 13.5 Å². The molecule has 0 aliphatic carbocycles. The Hall–Kier alpha value is 0.434. The molecule has 0 aliphatic heterocycles. The van der Waals surface area contributed by atoms with Crippen LogP contribution in [0.15, 0.2) is 0 Å². The van der Waals surface area contributed by atoms with E-state index in [9.17, 15) is 0 Å². The first kappa shape index (κ1) is 13.4. The summed E-state index contributed by atoms with van der Waals surface area (Å²) in [5.74, 6) is 0. The van der Waals surface area contributed by atoms with E-state index in [1.807, 2.05) is 0 Å². The summed E-state index contributed by atoms with van der Waals surface area (Å²) in [5, 5.41) is 0. The van der Waals surface area contributed by atoms with Crippen molar-refractivity contribution in [3.63, 3.8) is 0 Å². The second-order valence-corrected chi connectivity index (χ2v) is 13.9. The molecule has 0 fully saturated rings. The molecule has 0 nitrogen and oxygen atoms in total. The fourth-order valence-corrected chi connectivity index (χ4v) is 4.02.